The highest BCUT2D eigenvalue weighted by atomic mass is 16.4. The predicted molar refractivity (Wildman–Crippen MR) is 66.6 cm³/mol. The molecular weight excluding hydrogens is 236 g/mol. The number of carboxylic acids is 1. The molecule has 2 amide bonds. The van der Waals surface area contributed by atoms with Crippen molar-refractivity contribution in [1.82, 2.24) is 5.32 Å². The van der Waals surface area contributed by atoms with Gasteiger partial charge in [0.15, 0.2) is 0 Å². The van der Waals surface area contributed by atoms with E-state index in [9.17, 15) is 14.4 Å². The van der Waals surface area contributed by atoms with E-state index in [0.717, 1.165) is 0 Å². The Kier molecular flexibility index (Phi) is 6.36. The number of hydrogen-bond donors (Lipinski definition) is 3. The van der Waals surface area contributed by atoms with Crippen LogP contribution in [0.5, 0.6) is 0 Å². The summed E-state index contributed by atoms with van der Waals surface area (Å²) in [5, 5.41) is 11.6. The van der Waals surface area contributed by atoms with Gasteiger partial charge < -0.3 is 16.2 Å². The van der Waals surface area contributed by atoms with Crippen molar-refractivity contribution in [3.8, 4) is 0 Å². The zero-order chi connectivity index (χ0) is 14.3. The predicted octanol–water partition coefficient (Wildman–Crippen LogP) is 0.505. The number of unbranched alkanes of at least 4 members (excludes halogenated alkanes) is 1. The van der Waals surface area contributed by atoms with E-state index < -0.39 is 23.2 Å². The first-order valence-electron chi connectivity index (χ1n) is 5.95. The number of carboxylic acid groups (broad SMARTS) is 1. The molecule has 0 aromatic carbocycles. The molecule has 0 aliphatic carbocycles. The molecule has 0 aliphatic rings. The van der Waals surface area contributed by atoms with Crippen LogP contribution in [-0.4, -0.2) is 29.4 Å². The van der Waals surface area contributed by atoms with Crippen LogP contribution in [0.15, 0.2) is 0 Å². The molecular formula is C12H22N2O4. The standard InChI is InChI=1S/C12H22N2O4/c1-12(2,3)9(11(17)18)10(16)14-7-5-4-6-8(13)15/h9H,4-7H2,1-3H3,(H2,13,15)(H,14,16)(H,17,18). The third kappa shape index (κ3) is 6.22. The highest BCUT2D eigenvalue weighted by Gasteiger charge is 2.37. The highest BCUT2D eigenvalue weighted by Crippen LogP contribution is 2.26. The molecule has 0 saturated heterocycles. The zero-order valence-electron chi connectivity index (χ0n) is 11.2. The molecule has 0 aromatic heterocycles. The van der Waals surface area contributed by atoms with E-state index in [4.69, 9.17) is 10.8 Å². The molecule has 6 heteroatoms. The maximum absolute atomic E-state index is 11.7. The molecule has 0 aliphatic heterocycles. The van der Waals surface area contributed by atoms with Crippen molar-refractivity contribution in [3.63, 3.8) is 0 Å². The fraction of sp³-hybridized carbons (Fsp3) is 0.750. The smallest absolute Gasteiger partial charge is 0.316 e. The van der Waals surface area contributed by atoms with Crippen molar-refractivity contribution < 1.29 is 19.5 Å². The van der Waals surface area contributed by atoms with E-state index in [1.807, 2.05) is 0 Å². The van der Waals surface area contributed by atoms with E-state index in [1.165, 1.54) is 0 Å². The summed E-state index contributed by atoms with van der Waals surface area (Å²) >= 11 is 0. The Balaban J connectivity index is 4.14. The molecule has 18 heavy (non-hydrogen) atoms. The van der Waals surface area contributed by atoms with Crippen molar-refractivity contribution in [2.75, 3.05) is 6.54 Å². The van der Waals surface area contributed by atoms with Crippen LogP contribution in [0.1, 0.15) is 40.0 Å². The van der Waals surface area contributed by atoms with Crippen LogP contribution in [0, 0.1) is 11.3 Å². The molecule has 0 bridgehead atoms. The van der Waals surface area contributed by atoms with E-state index in [-0.39, 0.29) is 12.3 Å². The summed E-state index contributed by atoms with van der Waals surface area (Å²) in [7, 11) is 0. The Hall–Kier alpha value is -1.59. The van der Waals surface area contributed by atoms with Crippen molar-refractivity contribution in [2.45, 2.75) is 40.0 Å². The average molecular weight is 258 g/mol. The van der Waals surface area contributed by atoms with E-state index in [2.05, 4.69) is 5.32 Å². The maximum atomic E-state index is 11.7. The molecule has 104 valence electrons. The summed E-state index contributed by atoms with van der Waals surface area (Å²) < 4.78 is 0. The van der Waals surface area contributed by atoms with Crippen LogP contribution in [0.25, 0.3) is 0 Å². The van der Waals surface area contributed by atoms with Crippen molar-refractivity contribution >= 4 is 17.8 Å². The molecule has 1 atom stereocenters. The summed E-state index contributed by atoms with van der Waals surface area (Å²) in [5.74, 6) is -3.07. The number of nitrogens with one attached hydrogen (secondary N) is 1. The Morgan fingerprint density at radius 2 is 1.78 bits per heavy atom. The Labute approximate surface area is 107 Å². The second-order valence-electron chi connectivity index (χ2n) is 5.35. The number of aliphatic carboxylic acids is 1. The number of rotatable bonds is 7. The fourth-order valence-electron chi connectivity index (χ4n) is 1.61. The number of carbonyl (C=O) groups is 3. The molecule has 0 radical (unpaired) electrons. The monoisotopic (exact) mass is 258 g/mol. The Bertz CT molecular complexity index is 321. The lowest BCUT2D eigenvalue weighted by atomic mass is 9.80. The average Bonchev–Trinajstić information content (AvgIpc) is 2.13. The first-order valence-corrected chi connectivity index (χ1v) is 5.95. The lowest BCUT2D eigenvalue weighted by molar-refractivity contribution is -0.151. The van der Waals surface area contributed by atoms with Crippen LogP contribution < -0.4 is 11.1 Å². The number of amides is 2. The minimum atomic E-state index is -1.13. The first kappa shape index (κ1) is 16.4. The summed E-state index contributed by atoms with van der Waals surface area (Å²) in [5.41, 5.74) is 4.34. The van der Waals surface area contributed by atoms with E-state index >= 15 is 0 Å². The maximum Gasteiger partial charge on any atom is 0.316 e. The van der Waals surface area contributed by atoms with Crippen molar-refractivity contribution in [2.24, 2.45) is 17.1 Å². The molecule has 4 N–H and O–H groups in total. The fourth-order valence-corrected chi connectivity index (χ4v) is 1.61. The molecule has 0 heterocycles. The Morgan fingerprint density at radius 3 is 2.17 bits per heavy atom. The van der Waals surface area contributed by atoms with Crippen molar-refractivity contribution in [1.29, 1.82) is 0 Å². The van der Waals surface area contributed by atoms with Gasteiger partial charge in [0.05, 0.1) is 0 Å². The first-order chi connectivity index (χ1) is 8.16. The minimum Gasteiger partial charge on any atom is -0.481 e. The third-order valence-corrected chi connectivity index (χ3v) is 2.52. The number of carbonyl (C=O) groups excluding carboxylic acids is 2. The van der Waals surface area contributed by atoms with Crippen LogP contribution in [0.4, 0.5) is 0 Å². The van der Waals surface area contributed by atoms with Crippen LogP contribution in [0.2, 0.25) is 0 Å². The van der Waals surface area contributed by atoms with Gasteiger partial charge in [-0.1, -0.05) is 20.8 Å². The lowest BCUT2D eigenvalue weighted by Crippen LogP contribution is -2.43. The van der Waals surface area contributed by atoms with Crippen LogP contribution in [-0.2, 0) is 14.4 Å². The largest absolute Gasteiger partial charge is 0.481 e. The summed E-state index contributed by atoms with van der Waals surface area (Å²) in [6, 6.07) is 0. The topological polar surface area (TPSA) is 109 Å². The van der Waals surface area contributed by atoms with Gasteiger partial charge in [-0.15, -0.1) is 0 Å². The molecule has 0 rings (SSSR count). The van der Waals surface area contributed by atoms with Gasteiger partial charge in [-0.2, -0.15) is 0 Å². The van der Waals surface area contributed by atoms with Gasteiger partial charge in [0.1, 0.15) is 5.92 Å². The van der Waals surface area contributed by atoms with Crippen LogP contribution in [0.3, 0.4) is 0 Å². The lowest BCUT2D eigenvalue weighted by Gasteiger charge is -2.25. The quantitative estimate of drug-likeness (QED) is 0.456. The molecule has 0 saturated carbocycles. The molecule has 0 spiro atoms. The number of hydrogen-bond acceptors (Lipinski definition) is 3. The summed E-state index contributed by atoms with van der Waals surface area (Å²) in [6.07, 6.45) is 1.46. The van der Waals surface area contributed by atoms with E-state index in [0.29, 0.717) is 19.4 Å². The van der Waals surface area contributed by atoms with Gasteiger partial charge in [-0.25, -0.2) is 0 Å². The van der Waals surface area contributed by atoms with Gasteiger partial charge in [0.2, 0.25) is 11.8 Å². The second-order valence-corrected chi connectivity index (χ2v) is 5.35. The van der Waals surface area contributed by atoms with Gasteiger partial charge in [0, 0.05) is 13.0 Å². The van der Waals surface area contributed by atoms with Gasteiger partial charge >= 0.3 is 5.97 Å². The normalized spacial score (nSPS) is 12.8. The summed E-state index contributed by atoms with van der Waals surface area (Å²) in [4.78, 5) is 33.3. The molecule has 1 unspecified atom stereocenters. The number of nitrogens with two attached hydrogens (primary N) is 1. The van der Waals surface area contributed by atoms with Gasteiger partial charge in [-0.05, 0) is 18.3 Å². The minimum absolute atomic E-state index is 0.275. The van der Waals surface area contributed by atoms with Crippen molar-refractivity contribution in [3.05, 3.63) is 0 Å². The molecule has 0 aromatic rings. The van der Waals surface area contributed by atoms with Crippen LogP contribution >= 0.6 is 0 Å². The Morgan fingerprint density at radius 1 is 1.22 bits per heavy atom. The molecule has 0 fully saturated rings. The summed E-state index contributed by atoms with van der Waals surface area (Å²) in [6.45, 7) is 5.47. The second kappa shape index (κ2) is 6.98. The molecule has 6 nitrogen and oxygen atoms in total. The SMILES string of the molecule is CC(C)(C)C(C(=O)O)C(=O)NCCCCC(N)=O. The van der Waals surface area contributed by atoms with E-state index in [1.54, 1.807) is 20.8 Å². The number of primary amides is 1. The third-order valence-electron chi connectivity index (χ3n) is 2.52. The highest BCUT2D eigenvalue weighted by molar-refractivity contribution is 5.97. The zero-order valence-corrected chi connectivity index (χ0v) is 11.2. The van der Waals surface area contributed by atoms with Gasteiger partial charge in [0.25, 0.3) is 0 Å². The van der Waals surface area contributed by atoms with Gasteiger partial charge in [-0.3, -0.25) is 14.4 Å².